The molecule has 2 rings (SSSR count). The summed E-state index contributed by atoms with van der Waals surface area (Å²) in [6, 6.07) is 9.77. The van der Waals surface area contributed by atoms with Crippen molar-refractivity contribution in [2.75, 3.05) is 5.32 Å². The fourth-order valence-corrected chi connectivity index (χ4v) is 3.00. The first-order valence-electron chi connectivity index (χ1n) is 6.06. The van der Waals surface area contributed by atoms with Crippen LogP contribution in [0.3, 0.4) is 0 Å². The summed E-state index contributed by atoms with van der Waals surface area (Å²) in [5.74, 6) is 0. The highest BCUT2D eigenvalue weighted by atomic mass is 79.9. The molecule has 2 aromatic carbocycles. The molecule has 1 N–H and O–H groups in total. The maximum absolute atomic E-state index is 6.27. The van der Waals surface area contributed by atoms with Gasteiger partial charge < -0.3 is 5.32 Å². The molecule has 0 saturated carbocycles. The van der Waals surface area contributed by atoms with Gasteiger partial charge in [0.15, 0.2) is 0 Å². The van der Waals surface area contributed by atoms with Crippen LogP contribution in [0.4, 0.5) is 5.69 Å². The number of hydrogen-bond acceptors (Lipinski definition) is 1. The molecule has 20 heavy (non-hydrogen) atoms. The van der Waals surface area contributed by atoms with E-state index in [4.69, 9.17) is 34.8 Å². The molecule has 0 aliphatic rings. The lowest BCUT2D eigenvalue weighted by atomic mass is 10.1. The molecule has 0 heterocycles. The fourth-order valence-electron chi connectivity index (χ4n) is 1.94. The van der Waals surface area contributed by atoms with E-state index in [9.17, 15) is 0 Å². The number of benzene rings is 2. The summed E-state index contributed by atoms with van der Waals surface area (Å²) in [6.45, 7) is 4.09. The zero-order valence-electron chi connectivity index (χ0n) is 11.0. The molecule has 0 spiro atoms. The van der Waals surface area contributed by atoms with E-state index < -0.39 is 0 Å². The summed E-state index contributed by atoms with van der Waals surface area (Å²) in [5.41, 5.74) is 3.13. The molecule has 0 fully saturated rings. The average Bonchev–Trinajstić information content (AvgIpc) is 2.40. The molecule has 0 saturated heterocycles. The summed E-state index contributed by atoms with van der Waals surface area (Å²) < 4.78 is 1.03. The molecule has 106 valence electrons. The third-order valence-electron chi connectivity index (χ3n) is 3.10. The molecule has 0 bridgehead atoms. The van der Waals surface area contributed by atoms with Gasteiger partial charge in [-0.3, -0.25) is 0 Å². The number of hydrogen-bond donors (Lipinski definition) is 1. The smallest absolute Gasteiger partial charge is 0.0782 e. The van der Waals surface area contributed by atoms with Crippen LogP contribution in [-0.4, -0.2) is 0 Å². The fraction of sp³-hybridized carbons (Fsp3) is 0.200. The molecule has 1 nitrogen and oxygen atoms in total. The molecule has 0 amide bonds. The minimum Gasteiger partial charge on any atom is -0.378 e. The van der Waals surface area contributed by atoms with Gasteiger partial charge in [0, 0.05) is 10.2 Å². The van der Waals surface area contributed by atoms with Gasteiger partial charge in [0.25, 0.3) is 0 Å². The third-order valence-corrected chi connectivity index (χ3v) is 4.90. The van der Waals surface area contributed by atoms with E-state index in [1.165, 1.54) is 0 Å². The van der Waals surface area contributed by atoms with Crippen LogP contribution in [0.2, 0.25) is 15.1 Å². The largest absolute Gasteiger partial charge is 0.378 e. The zero-order valence-corrected chi connectivity index (χ0v) is 14.8. The number of aryl methyl sites for hydroxylation is 1. The Bertz CT molecular complexity index is 643. The lowest BCUT2D eigenvalue weighted by Gasteiger charge is -2.19. The van der Waals surface area contributed by atoms with E-state index in [-0.39, 0.29) is 6.04 Å². The van der Waals surface area contributed by atoms with Gasteiger partial charge in [-0.2, -0.15) is 0 Å². The van der Waals surface area contributed by atoms with E-state index in [0.29, 0.717) is 15.1 Å². The minimum absolute atomic E-state index is 0.0188. The van der Waals surface area contributed by atoms with Gasteiger partial charge in [0.05, 0.1) is 21.1 Å². The Balaban J connectivity index is 2.31. The van der Waals surface area contributed by atoms with Crippen LogP contribution in [-0.2, 0) is 0 Å². The molecule has 1 atom stereocenters. The van der Waals surface area contributed by atoms with Gasteiger partial charge in [-0.15, -0.1) is 0 Å². The van der Waals surface area contributed by atoms with Crippen molar-refractivity contribution in [2.45, 2.75) is 19.9 Å². The maximum atomic E-state index is 6.27. The third kappa shape index (κ3) is 3.43. The van der Waals surface area contributed by atoms with E-state index >= 15 is 0 Å². The molecule has 1 unspecified atom stereocenters. The van der Waals surface area contributed by atoms with Crippen LogP contribution in [0.1, 0.15) is 24.1 Å². The predicted molar refractivity (Wildman–Crippen MR) is 92.4 cm³/mol. The normalized spacial score (nSPS) is 12.3. The number of anilines is 1. The SMILES string of the molecule is Cc1ccc(Br)cc1NC(C)c1ccc(Cl)c(Cl)c1Cl. The van der Waals surface area contributed by atoms with Gasteiger partial charge in [-0.1, -0.05) is 62.9 Å². The second kappa shape index (κ2) is 6.57. The lowest BCUT2D eigenvalue weighted by molar-refractivity contribution is 0.883. The van der Waals surface area contributed by atoms with Crippen molar-refractivity contribution >= 4 is 56.4 Å². The molecule has 2 aromatic rings. The quantitative estimate of drug-likeness (QED) is 0.560. The Kier molecular flexibility index (Phi) is 5.25. The van der Waals surface area contributed by atoms with Gasteiger partial charge in [-0.05, 0) is 43.2 Å². The van der Waals surface area contributed by atoms with Crippen molar-refractivity contribution in [3.8, 4) is 0 Å². The Morgan fingerprint density at radius 3 is 2.45 bits per heavy atom. The molecular weight excluding hydrogens is 380 g/mol. The molecule has 0 aliphatic heterocycles. The number of rotatable bonds is 3. The first-order valence-corrected chi connectivity index (χ1v) is 7.99. The molecule has 5 heteroatoms. The van der Waals surface area contributed by atoms with Crippen LogP contribution in [0.5, 0.6) is 0 Å². The predicted octanol–water partition coefficient (Wildman–Crippen LogP) is 6.89. The van der Waals surface area contributed by atoms with Crippen molar-refractivity contribution in [1.29, 1.82) is 0 Å². The van der Waals surface area contributed by atoms with Gasteiger partial charge in [-0.25, -0.2) is 0 Å². The highest BCUT2D eigenvalue weighted by Crippen LogP contribution is 2.36. The summed E-state index contributed by atoms with van der Waals surface area (Å²) >= 11 is 21.8. The summed E-state index contributed by atoms with van der Waals surface area (Å²) in [5, 5.41) is 4.79. The van der Waals surface area contributed by atoms with Crippen molar-refractivity contribution in [3.63, 3.8) is 0 Å². The van der Waals surface area contributed by atoms with Crippen molar-refractivity contribution in [3.05, 3.63) is 61.0 Å². The maximum Gasteiger partial charge on any atom is 0.0782 e. The lowest BCUT2D eigenvalue weighted by Crippen LogP contribution is -2.08. The van der Waals surface area contributed by atoms with Crippen molar-refractivity contribution in [2.24, 2.45) is 0 Å². The molecule has 0 radical (unpaired) electrons. The van der Waals surface area contributed by atoms with Crippen LogP contribution in [0, 0.1) is 6.92 Å². The van der Waals surface area contributed by atoms with Crippen molar-refractivity contribution in [1.82, 2.24) is 0 Å². The van der Waals surface area contributed by atoms with Gasteiger partial charge in [0.1, 0.15) is 0 Å². The Labute approximate surface area is 142 Å². The number of halogens is 4. The van der Waals surface area contributed by atoms with E-state index in [0.717, 1.165) is 21.3 Å². The average molecular weight is 394 g/mol. The first-order chi connectivity index (χ1) is 9.40. The monoisotopic (exact) mass is 391 g/mol. The summed E-state index contributed by atoms with van der Waals surface area (Å²) in [6.07, 6.45) is 0. The first kappa shape index (κ1) is 16.0. The van der Waals surface area contributed by atoms with Crippen LogP contribution < -0.4 is 5.32 Å². The van der Waals surface area contributed by atoms with Crippen molar-refractivity contribution < 1.29 is 0 Å². The van der Waals surface area contributed by atoms with E-state index in [1.54, 1.807) is 6.07 Å². The number of nitrogens with one attached hydrogen (secondary N) is 1. The summed E-state index contributed by atoms with van der Waals surface area (Å²) in [7, 11) is 0. The van der Waals surface area contributed by atoms with Crippen LogP contribution in [0.15, 0.2) is 34.8 Å². The van der Waals surface area contributed by atoms with Crippen LogP contribution in [0.25, 0.3) is 0 Å². The Hall–Kier alpha value is -0.410. The van der Waals surface area contributed by atoms with Gasteiger partial charge in [0.2, 0.25) is 0 Å². The standard InChI is InChI=1S/C15H13BrCl3N/c1-8-3-4-10(16)7-13(8)20-9(2)11-5-6-12(17)15(19)14(11)18/h3-7,9,20H,1-2H3. The Morgan fingerprint density at radius 2 is 1.75 bits per heavy atom. The molecule has 0 aliphatic carbocycles. The van der Waals surface area contributed by atoms with Gasteiger partial charge >= 0.3 is 0 Å². The second-order valence-electron chi connectivity index (χ2n) is 4.59. The highest BCUT2D eigenvalue weighted by molar-refractivity contribution is 9.10. The minimum atomic E-state index is 0.0188. The highest BCUT2D eigenvalue weighted by Gasteiger charge is 2.15. The molecular formula is C15H13BrCl3N. The van der Waals surface area contributed by atoms with E-state index in [2.05, 4.69) is 34.2 Å². The molecule has 0 aromatic heterocycles. The summed E-state index contributed by atoms with van der Waals surface area (Å²) in [4.78, 5) is 0. The second-order valence-corrected chi connectivity index (χ2v) is 6.67. The Morgan fingerprint density at radius 1 is 1.05 bits per heavy atom. The zero-order chi connectivity index (χ0) is 14.9. The topological polar surface area (TPSA) is 12.0 Å². The van der Waals surface area contributed by atoms with E-state index in [1.807, 2.05) is 25.1 Å². The van der Waals surface area contributed by atoms with Crippen LogP contribution >= 0.6 is 50.7 Å².